The van der Waals surface area contributed by atoms with Crippen molar-refractivity contribution in [2.45, 2.75) is 39.2 Å². The summed E-state index contributed by atoms with van der Waals surface area (Å²) in [4.78, 5) is 23.8. The first-order valence-electron chi connectivity index (χ1n) is 7.72. The van der Waals surface area contributed by atoms with Gasteiger partial charge in [0.15, 0.2) is 5.82 Å². The molecule has 0 unspecified atom stereocenters. The van der Waals surface area contributed by atoms with Crippen LogP contribution in [0.5, 0.6) is 0 Å². The van der Waals surface area contributed by atoms with E-state index in [9.17, 15) is 14.0 Å². The molecule has 1 heterocycles. The van der Waals surface area contributed by atoms with E-state index < -0.39 is 6.04 Å². The smallest absolute Gasteiger partial charge is 0.247 e. The first kappa shape index (κ1) is 17.7. The van der Waals surface area contributed by atoms with Gasteiger partial charge in [0.2, 0.25) is 11.8 Å². The van der Waals surface area contributed by atoms with E-state index in [1.165, 1.54) is 12.1 Å². The van der Waals surface area contributed by atoms with Gasteiger partial charge in [0, 0.05) is 12.5 Å². The first-order chi connectivity index (χ1) is 11.4. The molecule has 0 radical (unpaired) electrons. The van der Waals surface area contributed by atoms with Gasteiger partial charge in [-0.15, -0.1) is 0 Å². The average molecular weight is 333 g/mol. The lowest BCUT2D eigenvalue weighted by Gasteiger charge is -2.12. The normalized spacial score (nSPS) is 11.8. The number of amides is 2. The fourth-order valence-electron chi connectivity index (χ4n) is 2.14. The molecular formula is C17H20FN3O3. The fourth-order valence-corrected chi connectivity index (χ4v) is 2.14. The molecule has 0 fully saturated rings. The van der Waals surface area contributed by atoms with Crippen molar-refractivity contribution < 1.29 is 18.5 Å². The molecule has 2 rings (SSSR count). The molecule has 128 valence electrons. The second-order valence-electron chi connectivity index (χ2n) is 5.58. The zero-order valence-electron chi connectivity index (χ0n) is 13.6. The summed E-state index contributed by atoms with van der Waals surface area (Å²) in [5, 5.41) is 8.85. The molecule has 2 aromatic rings. The lowest BCUT2D eigenvalue weighted by Crippen LogP contribution is -2.41. The van der Waals surface area contributed by atoms with Crippen LogP contribution in [0.15, 0.2) is 34.9 Å². The van der Waals surface area contributed by atoms with Crippen molar-refractivity contribution >= 4 is 17.6 Å². The van der Waals surface area contributed by atoms with E-state index in [2.05, 4.69) is 15.8 Å². The Hall–Kier alpha value is -2.70. The molecule has 1 aromatic carbocycles. The lowest BCUT2D eigenvalue weighted by atomic mass is 10.1. The summed E-state index contributed by atoms with van der Waals surface area (Å²) in [5.74, 6) is 0.0441. The zero-order chi connectivity index (χ0) is 17.5. The third-order valence-corrected chi connectivity index (χ3v) is 3.43. The largest absolute Gasteiger partial charge is 0.360 e. The van der Waals surface area contributed by atoms with E-state index in [1.54, 1.807) is 32.0 Å². The maximum Gasteiger partial charge on any atom is 0.247 e. The molecule has 2 amide bonds. The minimum absolute atomic E-state index is 0.212. The Kier molecular flexibility index (Phi) is 6.06. The summed E-state index contributed by atoms with van der Waals surface area (Å²) in [6.45, 7) is 3.31. The van der Waals surface area contributed by atoms with Gasteiger partial charge in [-0.05, 0) is 44.4 Å². The van der Waals surface area contributed by atoms with Crippen molar-refractivity contribution in [2.75, 3.05) is 5.32 Å². The summed E-state index contributed by atoms with van der Waals surface area (Å²) in [6, 6.07) is 7.10. The summed E-state index contributed by atoms with van der Waals surface area (Å²) in [6.07, 6.45) is 1.58. The second kappa shape index (κ2) is 8.24. The second-order valence-corrected chi connectivity index (χ2v) is 5.58. The number of aryl methyl sites for hydroxylation is 2. The van der Waals surface area contributed by atoms with E-state index in [0.717, 1.165) is 5.56 Å². The number of benzene rings is 1. The van der Waals surface area contributed by atoms with E-state index in [-0.39, 0.29) is 24.1 Å². The highest BCUT2D eigenvalue weighted by atomic mass is 19.1. The van der Waals surface area contributed by atoms with Crippen LogP contribution in [0.25, 0.3) is 0 Å². The van der Waals surface area contributed by atoms with E-state index in [1.807, 2.05) is 0 Å². The number of anilines is 1. The van der Waals surface area contributed by atoms with Crippen LogP contribution in [-0.4, -0.2) is 23.0 Å². The zero-order valence-corrected chi connectivity index (χ0v) is 13.6. The van der Waals surface area contributed by atoms with Crippen molar-refractivity contribution in [1.82, 2.24) is 10.5 Å². The third kappa shape index (κ3) is 5.49. The van der Waals surface area contributed by atoms with Crippen LogP contribution in [0.2, 0.25) is 0 Å². The van der Waals surface area contributed by atoms with E-state index in [4.69, 9.17) is 4.52 Å². The van der Waals surface area contributed by atoms with Crippen LogP contribution in [0, 0.1) is 12.7 Å². The van der Waals surface area contributed by atoms with Gasteiger partial charge >= 0.3 is 0 Å². The van der Waals surface area contributed by atoms with Crippen molar-refractivity contribution in [2.24, 2.45) is 0 Å². The highest BCUT2D eigenvalue weighted by molar-refractivity contribution is 5.96. The van der Waals surface area contributed by atoms with Crippen LogP contribution in [0.4, 0.5) is 10.2 Å². The first-order valence-corrected chi connectivity index (χ1v) is 7.72. The SMILES string of the molecule is Cc1cc(NC(=O)[C@@H](C)NC(=O)CCCc2ccc(F)cc2)no1. The number of carbonyl (C=O) groups excluding carboxylic acids is 2. The number of hydrogen-bond donors (Lipinski definition) is 2. The monoisotopic (exact) mass is 333 g/mol. The summed E-state index contributed by atoms with van der Waals surface area (Å²) in [5.41, 5.74) is 0.969. The lowest BCUT2D eigenvalue weighted by molar-refractivity contribution is -0.126. The quantitative estimate of drug-likeness (QED) is 0.816. The number of nitrogens with one attached hydrogen (secondary N) is 2. The maximum absolute atomic E-state index is 12.8. The van der Waals surface area contributed by atoms with Crippen LogP contribution >= 0.6 is 0 Å². The topological polar surface area (TPSA) is 84.2 Å². The van der Waals surface area contributed by atoms with Crippen molar-refractivity contribution in [3.63, 3.8) is 0 Å². The molecule has 1 aromatic heterocycles. The highest BCUT2D eigenvalue weighted by Crippen LogP contribution is 2.08. The Balaban J connectivity index is 1.70. The van der Waals surface area contributed by atoms with Crippen molar-refractivity contribution in [3.05, 3.63) is 47.5 Å². The molecule has 0 bridgehead atoms. The third-order valence-electron chi connectivity index (χ3n) is 3.43. The number of carbonyl (C=O) groups is 2. The molecule has 0 saturated carbocycles. The molecule has 0 aliphatic carbocycles. The van der Waals surface area contributed by atoms with Crippen LogP contribution in [-0.2, 0) is 16.0 Å². The van der Waals surface area contributed by atoms with E-state index >= 15 is 0 Å². The average Bonchev–Trinajstić information content (AvgIpc) is 2.94. The molecule has 0 aliphatic heterocycles. The number of nitrogens with zero attached hydrogens (tertiary/aromatic N) is 1. The molecule has 6 nitrogen and oxygen atoms in total. The number of aromatic nitrogens is 1. The summed E-state index contributed by atoms with van der Waals surface area (Å²) < 4.78 is 17.7. The molecule has 0 aliphatic rings. The molecule has 1 atom stereocenters. The molecular weight excluding hydrogens is 313 g/mol. The van der Waals surface area contributed by atoms with Gasteiger partial charge in [-0.25, -0.2) is 4.39 Å². The molecule has 24 heavy (non-hydrogen) atoms. The van der Waals surface area contributed by atoms with Gasteiger partial charge in [0.25, 0.3) is 0 Å². The van der Waals surface area contributed by atoms with Crippen LogP contribution < -0.4 is 10.6 Å². The number of rotatable bonds is 7. The standard InChI is InChI=1S/C17H20FN3O3/c1-11-10-15(21-24-11)20-17(23)12(2)19-16(22)5-3-4-13-6-8-14(18)9-7-13/h6-10,12H,3-5H2,1-2H3,(H,19,22)(H,20,21,23)/t12-/m1/s1. The van der Waals surface area contributed by atoms with Gasteiger partial charge in [-0.2, -0.15) is 0 Å². The minimum Gasteiger partial charge on any atom is -0.360 e. The van der Waals surface area contributed by atoms with Crippen molar-refractivity contribution in [3.8, 4) is 0 Å². The van der Waals surface area contributed by atoms with Crippen LogP contribution in [0.1, 0.15) is 31.1 Å². The molecule has 0 saturated heterocycles. The Labute approximate surface area is 139 Å². The summed E-state index contributed by atoms with van der Waals surface area (Å²) in [7, 11) is 0. The molecule has 0 spiro atoms. The number of hydrogen-bond acceptors (Lipinski definition) is 4. The Morgan fingerprint density at radius 3 is 2.62 bits per heavy atom. The highest BCUT2D eigenvalue weighted by Gasteiger charge is 2.16. The predicted octanol–water partition coefficient (Wildman–Crippen LogP) is 2.59. The maximum atomic E-state index is 12.8. The molecule has 7 heteroatoms. The Morgan fingerprint density at radius 2 is 2.00 bits per heavy atom. The Bertz CT molecular complexity index is 697. The van der Waals surface area contributed by atoms with Gasteiger partial charge in [-0.3, -0.25) is 9.59 Å². The van der Waals surface area contributed by atoms with E-state index in [0.29, 0.717) is 24.4 Å². The molecule has 2 N–H and O–H groups in total. The minimum atomic E-state index is -0.680. The van der Waals surface area contributed by atoms with Gasteiger partial charge in [0.05, 0.1) is 0 Å². The van der Waals surface area contributed by atoms with Gasteiger partial charge < -0.3 is 15.2 Å². The predicted molar refractivity (Wildman–Crippen MR) is 86.8 cm³/mol. The number of halogens is 1. The fraction of sp³-hybridized carbons (Fsp3) is 0.353. The van der Waals surface area contributed by atoms with Crippen molar-refractivity contribution in [1.29, 1.82) is 0 Å². The van der Waals surface area contributed by atoms with Gasteiger partial charge in [-0.1, -0.05) is 17.3 Å². The Morgan fingerprint density at radius 1 is 1.29 bits per heavy atom. The van der Waals surface area contributed by atoms with Gasteiger partial charge in [0.1, 0.15) is 17.6 Å². The summed E-state index contributed by atoms with van der Waals surface area (Å²) >= 11 is 0. The van der Waals surface area contributed by atoms with Crippen LogP contribution in [0.3, 0.4) is 0 Å².